The first-order valence-electron chi connectivity index (χ1n) is 2.66. The average Bonchev–Trinajstić information content (AvgIpc) is 1.67. The normalized spacial score (nSPS) is 13.2. The molecule has 0 heterocycles. The van der Waals surface area contributed by atoms with Crippen LogP contribution in [0.2, 0.25) is 0 Å². The highest BCUT2D eigenvalue weighted by Crippen LogP contribution is 1.94. The molecule has 0 spiro atoms. The van der Waals surface area contributed by atoms with Crippen LogP contribution in [0.3, 0.4) is 0 Å². The lowest BCUT2D eigenvalue weighted by atomic mass is 10.2. The molecule has 1 atom stereocenters. The van der Waals surface area contributed by atoms with Gasteiger partial charge in [-0.1, -0.05) is 25.6 Å². The molecule has 0 amide bonds. The molecular weight excluding hydrogens is 122 g/mol. The van der Waals surface area contributed by atoms with E-state index in [1.54, 1.807) is 0 Å². The Morgan fingerprint density at radius 2 is 2.38 bits per heavy atom. The second kappa shape index (κ2) is 3.80. The first kappa shape index (κ1) is 7.85. The third-order valence-corrected chi connectivity index (χ3v) is 1.16. The van der Waals surface area contributed by atoms with Crippen molar-refractivity contribution in [3.8, 4) is 0 Å². The van der Waals surface area contributed by atoms with Crippen molar-refractivity contribution in [2.24, 2.45) is 5.73 Å². The molecule has 0 saturated carbocycles. The highest BCUT2D eigenvalue weighted by atomic mass is 32.1. The summed E-state index contributed by atoms with van der Waals surface area (Å²) in [5.74, 6) is 0. The smallest absolute Gasteiger partial charge is 0.104 e. The number of aliphatic hydroxyl groups is 1. The number of hydrogen-bond donors (Lipinski definition) is 2. The SMILES string of the molecule is CCC[C@H](O)C(N)=S. The van der Waals surface area contributed by atoms with Crippen molar-refractivity contribution in [1.29, 1.82) is 0 Å². The standard InChI is InChI=1S/C5H11NOS/c1-2-3-4(7)5(6)8/h4,7H,2-3H2,1H3,(H2,6,8)/t4-/m0/s1. The summed E-state index contributed by atoms with van der Waals surface area (Å²) in [5.41, 5.74) is 5.10. The lowest BCUT2D eigenvalue weighted by Crippen LogP contribution is -2.25. The van der Waals surface area contributed by atoms with Gasteiger partial charge >= 0.3 is 0 Å². The maximum Gasteiger partial charge on any atom is 0.104 e. The van der Waals surface area contributed by atoms with E-state index in [-0.39, 0.29) is 4.99 Å². The fourth-order valence-electron chi connectivity index (χ4n) is 0.416. The van der Waals surface area contributed by atoms with E-state index in [9.17, 15) is 0 Å². The molecule has 0 unspecified atom stereocenters. The molecule has 0 rings (SSSR count). The van der Waals surface area contributed by atoms with Gasteiger partial charge in [-0.15, -0.1) is 0 Å². The molecule has 48 valence electrons. The fourth-order valence-corrected chi connectivity index (χ4v) is 0.534. The summed E-state index contributed by atoms with van der Waals surface area (Å²) in [5, 5.41) is 8.86. The Balaban J connectivity index is 3.32. The molecule has 0 aliphatic carbocycles. The van der Waals surface area contributed by atoms with E-state index >= 15 is 0 Å². The minimum atomic E-state index is -0.574. The molecule has 0 bridgehead atoms. The Hall–Kier alpha value is -0.150. The molecule has 0 fully saturated rings. The van der Waals surface area contributed by atoms with Crippen LogP contribution in [0, 0.1) is 0 Å². The molecule has 0 radical (unpaired) electrons. The van der Waals surface area contributed by atoms with Crippen molar-refractivity contribution in [1.82, 2.24) is 0 Å². The van der Waals surface area contributed by atoms with Crippen LogP contribution < -0.4 is 5.73 Å². The number of nitrogens with two attached hydrogens (primary N) is 1. The van der Waals surface area contributed by atoms with E-state index in [1.807, 2.05) is 6.92 Å². The molecule has 2 nitrogen and oxygen atoms in total. The quantitative estimate of drug-likeness (QED) is 0.549. The molecular formula is C5H11NOS. The zero-order valence-corrected chi connectivity index (χ0v) is 5.74. The summed E-state index contributed by atoms with van der Waals surface area (Å²) in [6, 6.07) is 0. The topological polar surface area (TPSA) is 46.2 Å². The minimum absolute atomic E-state index is 0.201. The summed E-state index contributed by atoms with van der Waals surface area (Å²) in [6.45, 7) is 1.97. The van der Waals surface area contributed by atoms with E-state index < -0.39 is 6.10 Å². The summed E-state index contributed by atoms with van der Waals surface area (Å²) in [6.07, 6.45) is 1.02. The van der Waals surface area contributed by atoms with Gasteiger partial charge in [0.15, 0.2) is 0 Å². The zero-order chi connectivity index (χ0) is 6.57. The third kappa shape index (κ3) is 2.93. The number of aliphatic hydroxyl groups excluding tert-OH is 1. The summed E-state index contributed by atoms with van der Waals surface area (Å²) in [4.78, 5) is 0.201. The van der Waals surface area contributed by atoms with Gasteiger partial charge in [0, 0.05) is 0 Å². The van der Waals surface area contributed by atoms with E-state index in [4.69, 9.17) is 10.8 Å². The van der Waals surface area contributed by atoms with E-state index in [0.717, 1.165) is 6.42 Å². The Bertz CT molecular complexity index is 84.5. The summed E-state index contributed by atoms with van der Waals surface area (Å²) < 4.78 is 0. The van der Waals surface area contributed by atoms with Crippen LogP contribution in [0.15, 0.2) is 0 Å². The fraction of sp³-hybridized carbons (Fsp3) is 0.800. The maximum absolute atomic E-state index is 8.86. The molecule has 0 aliphatic heterocycles. The van der Waals surface area contributed by atoms with Crippen LogP contribution in [0.25, 0.3) is 0 Å². The first-order valence-corrected chi connectivity index (χ1v) is 3.06. The maximum atomic E-state index is 8.86. The third-order valence-electron chi connectivity index (χ3n) is 0.891. The van der Waals surface area contributed by atoms with Gasteiger partial charge in [0.05, 0.1) is 0 Å². The van der Waals surface area contributed by atoms with Gasteiger partial charge in [-0.3, -0.25) is 0 Å². The van der Waals surface area contributed by atoms with Crippen molar-refractivity contribution >= 4 is 17.2 Å². The monoisotopic (exact) mass is 133 g/mol. The second-order valence-corrected chi connectivity index (χ2v) is 2.18. The van der Waals surface area contributed by atoms with Crippen molar-refractivity contribution in [2.45, 2.75) is 25.9 Å². The van der Waals surface area contributed by atoms with Crippen LogP contribution in [0.4, 0.5) is 0 Å². The molecule has 0 saturated heterocycles. The Morgan fingerprint density at radius 3 is 2.50 bits per heavy atom. The van der Waals surface area contributed by atoms with Crippen molar-refractivity contribution in [2.75, 3.05) is 0 Å². The minimum Gasteiger partial charge on any atom is -0.391 e. The van der Waals surface area contributed by atoms with Crippen LogP contribution in [-0.2, 0) is 0 Å². The van der Waals surface area contributed by atoms with Crippen LogP contribution in [-0.4, -0.2) is 16.2 Å². The van der Waals surface area contributed by atoms with Crippen molar-refractivity contribution < 1.29 is 5.11 Å². The largest absolute Gasteiger partial charge is 0.391 e. The van der Waals surface area contributed by atoms with Crippen molar-refractivity contribution in [3.05, 3.63) is 0 Å². The van der Waals surface area contributed by atoms with Gasteiger partial charge < -0.3 is 10.8 Å². The average molecular weight is 133 g/mol. The molecule has 0 aliphatic rings. The molecule has 3 heteroatoms. The van der Waals surface area contributed by atoms with E-state index in [2.05, 4.69) is 12.2 Å². The van der Waals surface area contributed by atoms with Crippen LogP contribution in [0.5, 0.6) is 0 Å². The molecule has 8 heavy (non-hydrogen) atoms. The number of hydrogen-bond acceptors (Lipinski definition) is 2. The summed E-state index contributed by atoms with van der Waals surface area (Å²) in [7, 11) is 0. The van der Waals surface area contributed by atoms with Gasteiger partial charge in [0.1, 0.15) is 11.1 Å². The Labute approximate surface area is 54.7 Å². The van der Waals surface area contributed by atoms with E-state index in [0.29, 0.717) is 6.42 Å². The Morgan fingerprint density at radius 1 is 1.88 bits per heavy atom. The second-order valence-electron chi connectivity index (χ2n) is 1.71. The van der Waals surface area contributed by atoms with Gasteiger partial charge in [0.2, 0.25) is 0 Å². The molecule has 0 aromatic heterocycles. The molecule has 0 aromatic rings. The zero-order valence-electron chi connectivity index (χ0n) is 4.92. The van der Waals surface area contributed by atoms with Crippen LogP contribution >= 0.6 is 12.2 Å². The predicted molar refractivity (Wildman–Crippen MR) is 37.7 cm³/mol. The van der Waals surface area contributed by atoms with Gasteiger partial charge in [-0.2, -0.15) is 0 Å². The first-order chi connectivity index (χ1) is 3.68. The van der Waals surface area contributed by atoms with Gasteiger partial charge in [0.25, 0.3) is 0 Å². The number of thiocarbonyl (C=S) groups is 1. The Kier molecular flexibility index (Phi) is 3.73. The van der Waals surface area contributed by atoms with Gasteiger partial charge in [-0.05, 0) is 6.42 Å². The van der Waals surface area contributed by atoms with Crippen molar-refractivity contribution in [3.63, 3.8) is 0 Å². The van der Waals surface area contributed by atoms with Gasteiger partial charge in [-0.25, -0.2) is 0 Å². The summed E-state index contributed by atoms with van der Waals surface area (Å²) >= 11 is 4.51. The molecule has 3 N–H and O–H groups in total. The predicted octanol–water partition coefficient (Wildman–Crippen LogP) is 0.434. The lowest BCUT2D eigenvalue weighted by Gasteiger charge is -2.03. The molecule has 0 aromatic carbocycles. The number of rotatable bonds is 3. The van der Waals surface area contributed by atoms with E-state index in [1.165, 1.54) is 0 Å². The highest BCUT2D eigenvalue weighted by Gasteiger charge is 2.02. The lowest BCUT2D eigenvalue weighted by molar-refractivity contribution is 0.231. The van der Waals surface area contributed by atoms with Crippen LogP contribution in [0.1, 0.15) is 19.8 Å². The highest BCUT2D eigenvalue weighted by molar-refractivity contribution is 7.80.